The zero-order valence-corrected chi connectivity index (χ0v) is 9.77. The first-order valence-corrected chi connectivity index (χ1v) is 5.56. The van der Waals surface area contributed by atoms with Gasteiger partial charge in [-0.1, -0.05) is 12.2 Å². The minimum atomic E-state index is -0.926. The van der Waals surface area contributed by atoms with Gasteiger partial charge in [-0.25, -0.2) is 0 Å². The molecule has 2 aliphatic rings. The van der Waals surface area contributed by atoms with E-state index in [1.54, 1.807) is 12.2 Å². The second kappa shape index (κ2) is 3.15. The highest BCUT2D eigenvalue weighted by Crippen LogP contribution is 2.49. The Morgan fingerprint density at radius 1 is 1.14 bits per heavy atom. The van der Waals surface area contributed by atoms with Gasteiger partial charge in [-0.2, -0.15) is 0 Å². The van der Waals surface area contributed by atoms with E-state index >= 15 is 0 Å². The van der Waals surface area contributed by atoms with Crippen LogP contribution in [0.2, 0.25) is 0 Å². The third-order valence-electron chi connectivity index (χ3n) is 2.77. The lowest BCUT2D eigenvalue weighted by Gasteiger charge is -2.44. The second-order valence-electron chi connectivity index (χ2n) is 4.15. The Labute approximate surface area is 95.7 Å². The van der Waals surface area contributed by atoms with E-state index in [4.69, 9.17) is 4.74 Å². The Bertz CT molecular complexity index is 254. The molecule has 0 aliphatic carbocycles. The average Bonchev–Trinajstić information content (AvgIpc) is 2.40. The lowest BCUT2D eigenvalue weighted by Crippen LogP contribution is -2.54. The number of alkyl halides is 1. The molecule has 14 heavy (non-hydrogen) atoms. The van der Waals surface area contributed by atoms with E-state index in [2.05, 4.69) is 0 Å². The van der Waals surface area contributed by atoms with E-state index in [1.165, 1.54) is 0 Å². The molecule has 2 heterocycles. The van der Waals surface area contributed by atoms with Gasteiger partial charge >= 0.3 is 0 Å². The molecule has 80 valence electrons. The number of aliphatic hydroxyl groups is 3. The topological polar surface area (TPSA) is 69.9 Å². The van der Waals surface area contributed by atoms with Crippen LogP contribution in [-0.4, -0.2) is 43.3 Å². The van der Waals surface area contributed by atoms with Crippen LogP contribution in [0.4, 0.5) is 0 Å². The van der Waals surface area contributed by atoms with Gasteiger partial charge in [0.15, 0.2) is 0 Å². The third-order valence-corrected chi connectivity index (χ3v) is 3.54. The molecule has 0 saturated carbocycles. The van der Waals surface area contributed by atoms with Crippen LogP contribution in [0.1, 0.15) is 12.8 Å². The maximum atomic E-state index is 9.99. The van der Waals surface area contributed by atoms with Crippen molar-refractivity contribution in [1.29, 1.82) is 0 Å². The van der Waals surface area contributed by atoms with Crippen LogP contribution in [0.5, 0.6) is 0 Å². The molecular formula is C9H13IO4. The summed E-state index contributed by atoms with van der Waals surface area (Å²) in [5.74, 6) is 0. The first kappa shape index (κ1) is 10.8. The molecule has 0 spiro atoms. The van der Waals surface area contributed by atoms with Gasteiger partial charge in [-0.3, -0.25) is 0 Å². The van der Waals surface area contributed by atoms with Crippen LogP contribution < -0.4 is 0 Å². The number of aliphatic hydroxyl groups excluding tert-OH is 2. The highest BCUT2D eigenvalue weighted by molar-refractivity contribution is 14.1. The van der Waals surface area contributed by atoms with E-state index in [1.807, 2.05) is 22.6 Å². The van der Waals surface area contributed by atoms with Crippen LogP contribution >= 0.6 is 22.6 Å². The molecule has 0 aromatic heterocycles. The first-order valence-electron chi connectivity index (χ1n) is 4.49. The standard InChI is InChI=1S/C9H13IO4/c10-9(13)3-7(5-11)1-2-8(4-9,6-12)14-7/h1-2,11-13H,3-6H2/t7-,8+,9?. The fourth-order valence-electron chi connectivity index (χ4n) is 2.23. The highest BCUT2D eigenvalue weighted by Gasteiger charge is 2.55. The average molecular weight is 312 g/mol. The zero-order valence-electron chi connectivity index (χ0n) is 7.61. The van der Waals surface area contributed by atoms with Gasteiger partial charge in [0.2, 0.25) is 0 Å². The Hall–Kier alpha value is 0.310. The SMILES string of the molecule is OC[C@@]12C=C[C@@](CO)(CC(O)(I)C1)O2. The molecule has 0 radical (unpaired) electrons. The van der Waals surface area contributed by atoms with Gasteiger partial charge in [0.1, 0.15) is 14.8 Å². The quantitative estimate of drug-likeness (QED) is 0.380. The smallest absolute Gasteiger partial charge is 0.122 e. The van der Waals surface area contributed by atoms with E-state index < -0.39 is 14.8 Å². The normalized spacial score (nSPS) is 51.1. The van der Waals surface area contributed by atoms with Crippen molar-refractivity contribution in [2.75, 3.05) is 13.2 Å². The molecule has 5 heteroatoms. The van der Waals surface area contributed by atoms with E-state index in [0.29, 0.717) is 12.8 Å². The van der Waals surface area contributed by atoms with Gasteiger partial charge in [-0.05, 0) is 22.6 Å². The van der Waals surface area contributed by atoms with Gasteiger partial charge in [0.05, 0.1) is 13.2 Å². The molecular weight excluding hydrogens is 299 g/mol. The van der Waals surface area contributed by atoms with Gasteiger partial charge in [0, 0.05) is 12.8 Å². The highest BCUT2D eigenvalue weighted by atomic mass is 127. The van der Waals surface area contributed by atoms with E-state index in [0.717, 1.165) is 0 Å². The number of hydrogen-bond donors (Lipinski definition) is 3. The van der Waals surface area contributed by atoms with E-state index in [9.17, 15) is 15.3 Å². The zero-order chi connectivity index (χ0) is 10.4. The minimum absolute atomic E-state index is 0.170. The largest absolute Gasteiger partial charge is 0.393 e. The van der Waals surface area contributed by atoms with Gasteiger partial charge in [-0.15, -0.1) is 0 Å². The molecule has 0 aromatic carbocycles. The van der Waals surface area contributed by atoms with Crippen LogP contribution in [0.25, 0.3) is 0 Å². The Morgan fingerprint density at radius 3 is 1.93 bits per heavy atom. The summed E-state index contributed by atoms with van der Waals surface area (Å²) in [4.78, 5) is 0. The number of halogens is 1. The fourth-order valence-corrected chi connectivity index (χ4v) is 3.52. The molecule has 4 nitrogen and oxygen atoms in total. The number of fused-ring (bicyclic) bond motifs is 2. The molecule has 3 N–H and O–H groups in total. The molecule has 2 bridgehead atoms. The van der Waals surface area contributed by atoms with Crippen LogP contribution in [0, 0.1) is 0 Å². The summed E-state index contributed by atoms with van der Waals surface area (Å²) < 4.78 is 4.70. The molecule has 3 atom stereocenters. The monoisotopic (exact) mass is 312 g/mol. The van der Waals surface area contributed by atoms with Crippen molar-refractivity contribution in [3.8, 4) is 0 Å². The van der Waals surface area contributed by atoms with Crippen molar-refractivity contribution in [2.45, 2.75) is 27.7 Å². The number of hydrogen-bond acceptors (Lipinski definition) is 4. The molecule has 2 aliphatic heterocycles. The molecule has 1 unspecified atom stereocenters. The van der Waals surface area contributed by atoms with Crippen molar-refractivity contribution >= 4 is 22.6 Å². The summed E-state index contributed by atoms with van der Waals surface area (Å²) in [5.41, 5.74) is -1.62. The summed E-state index contributed by atoms with van der Waals surface area (Å²) in [5, 5.41) is 28.5. The summed E-state index contributed by atoms with van der Waals surface area (Å²) in [6.45, 7) is -0.340. The summed E-state index contributed by atoms with van der Waals surface area (Å²) in [6, 6.07) is 0. The van der Waals surface area contributed by atoms with Crippen molar-refractivity contribution in [3.05, 3.63) is 12.2 Å². The van der Waals surface area contributed by atoms with Crippen LogP contribution in [0.15, 0.2) is 12.2 Å². The fraction of sp³-hybridized carbons (Fsp3) is 0.778. The molecule has 1 fully saturated rings. The number of rotatable bonds is 2. The lowest BCUT2D eigenvalue weighted by molar-refractivity contribution is -0.189. The van der Waals surface area contributed by atoms with Crippen LogP contribution in [0.3, 0.4) is 0 Å². The molecule has 1 saturated heterocycles. The lowest BCUT2D eigenvalue weighted by atomic mass is 9.90. The maximum Gasteiger partial charge on any atom is 0.122 e. The Morgan fingerprint density at radius 2 is 1.57 bits per heavy atom. The number of ether oxygens (including phenoxy) is 1. The van der Waals surface area contributed by atoms with Gasteiger partial charge < -0.3 is 20.1 Å². The van der Waals surface area contributed by atoms with Crippen LogP contribution in [-0.2, 0) is 4.74 Å². The van der Waals surface area contributed by atoms with Crippen molar-refractivity contribution in [2.24, 2.45) is 0 Å². The predicted molar refractivity (Wildman–Crippen MR) is 58.1 cm³/mol. The van der Waals surface area contributed by atoms with Gasteiger partial charge in [0.25, 0.3) is 0 Å². The van der Waals surface area contributed by atoms with Crippen molar-refractivity contribution in [1.82, 2.24) is 0 Å². The second-order valence-corrected chi connectivity index (χ2v) is 6.16. The third kappa shape index (κ3) is 1.61. The predicted octanol–water partition coefficient (Wildman–Crippen LogP) is -0.0476. The first-order chi connectivity index (χ1) is 6.45. The Kier molecular flexibility index (Phi) is 2.43. The summed E-state index contributed by atoms with van der Waals surface area (Å²) in [6.07, 6.45) is 4.21. The molecule has 2 rings (SSSR count). The summed E-state index contributed by atoms with van der Waals surface area (Å²) >= 11 is 1.94. The summed E-state index contributed by atoms with van der Waals surface area (Å²) in [7, 11) is 0. The maximum absolute atomic E-state index is 9.99. The Balaban J connectivity index is 2.32. The minimum Gasteiger partial charge on any atom is -0.393 e. The van der Waals surface area contributed by atoms with Crippen molar-refractivity contribution < 1.29 is 20.1 Å². The molecule has 0 aromatic rings. The molecule has 0 amide bonds. The van der Waals surface area contributed by atoms with E-state index in [-0.39, 0.29) is 13.2 Å². The van der Waals surface area contributed by atoms with Crippen molar-refractivity contribution in [3.63, 3.8) is 0 Å².